The summed E-state index contributed by atoms with van der Waals surface area (Å²) < 4.78 is 10.6. The number of fused-ring (bicyclic) bond motifs is 2. The lowest BCUT2D eigenvalue weighted by Gasteiger charge is -2.12. The fraction of sp³-hybridized carbons (Fsp3) is 0.188. The van der Waals surface area contributed by atoms with E-state index in [0.29, 0.717) is 28.2 Å². The smallest absolute Gasteiger partial charge is 0.237 e. The molecule has 0 saturated heterocycles. The minimum absolute atomic E-state index is 0.155. The molecule has 128 valence electrons. The summed E-state index contributed by atoms with van der Waals surface area (Å²) in [6.07, 6.45) is 0. The molecular formula is C16H14N4O3S2. The Bertz CT molecular complexity index is 960. The number of thioether (sulfide) groups is 1. The van der Waals surface area contributed by atoms with Gasteiger partial charge in [0.25, 0.3) is 0 Å². The first kappa shape index (κ1) is 16.0. The van der Waals surface area contributed by atoms with E-state index < -0.39 is 0 Å². The second-order valence-corrected chi connectivity index (χ2v) is 7.55. The van der Waals surface area contributed by atoms with Crippen LogP contribution in [-0.2, 0) is 4.79 Å². The van der Waals surface area contributed by atoms with Gasteiger partial charge in [0.05, 0.1) is 10.6 Å². The van der Waals surface area contributed by atoms with E-state index in [9.17, 15) is 4.79 Å². The number of thiophene rings is 1. The summed E-state index contributed by atoms with van der Waals surface area (Å²) in [5.74, 6) is 1.57. The Hall–Kier alpha value is -2.52. The third-order valence-electron chi connectivity index (χ3n) is 3.63. The highest BCUT2D eigenvalue weighted by Crippen LogP contribution is 2.34. The number of nitrogens with one attached hydrogen (secondary N) is 1. The molecule has 3 N–H and O–H groups in total. The number of hydrogen-bond acceptors (Lipinski definition) is 8. The molecule has 3 heterocycles. The third-order valence-corrected chi connectivity index (χ3v) is 5.39. The normalized spacial score (nSPS) is 13.8. The molecule has 0 spiro atoms. The summed E-state index contributed by atoms with van der Waals surface area (Å²) in [4.78, 5) is 22.0. The lowest BCUT2D eigenvalue weighted by Crippen LogP contribution is -2.22. The Morgan fingerprint density at radius 3 is 3.04 bits per heavy atom. The van der Waals surface area contributed by atoms with E-state index in [0.717, 1.165) is 10.2 Å². The van der Waals surface area contributed by atoms with Crippen LogP contribution in [0.25, 0.3) is 10.2 Å². The van der Waals surface area contributed by atoms with Crippen LogP contribution in [0.15, 0.2) is 34.8 Å². The summed E-state index contributed by atoms with van der Waals surface area (Å²) in [5, 5.41) is 5.72. The number of rotatable bonds is 4. The standard InChI is InChI=1S/C16H14N4O3S2/c1-8(25-16-19-13(17)10-4-5-24-15(10)20-16)14(21)18-9-2-3-11-12(6-9)23-7-22-11/h2-6,8H,7H2,1H3,(H,18,21)(H2,17,19,20)/t8-/m0/s1. The van der Waals surface area contributed by atoms with Crippen LogP contribution < -0.4 is 20.5 Å². The van der Waals surface area contributed by atoms with Crippen molar-refractivity contribution in [1.29, 1.82) is 0 Å². The molecule has 0 bridgehead atoms. The van der Waals surface area contributed by atoms with E-state index in [-0.39, 0.29) is 18.0 Å². The van der Waals surface area contributed by atoms with E-state index in [1.165, 1.54) is 23.1 Å². The number of amides is 1. The molecule has 1 aliphatic heterocycles. The van der Waals surface area contributed by atoms with Crippen molar-refractivity contribution in [3.63, 3.8) is 0 Å². The molecule has 0 saturated carbocycles. The van der Waals surface area contributed by atoms with Crippen molar-refractivity contribution in [3.8, 4) is 11.5 Å². The van der Waals surface area contributed by atoms with Gasteiger partial charge in [-0.3, -0.25) is 4.79 Å². The number of carbonyl (C=O) groups is 1. The summed E-state index contributed by atoms with van der Waals surface area (Å²) in [5.41, 5.74) is 6.59. The van der Waals surface area contributed by atoms with Gasteiger partial charge in [0.2, 0.25) is 12.7 Å². The van der Waals surface area contributed by atoms with Gasteiger partial charge in [0.1, 0.15) is 10.6 Å². The van der Waals surface area contributed by atoms with E-state index in [2.05, 4.69) is 15.3 Å². The lowest BCUT2D eigenvalue weighted by molar-refractivity contribution is -0.115. The predicted molar refractivity (Wildman–Crippen MR) is 98.3 cm³/mol. The number of ether oxygens (including phenoxy) is 2. The molecule has 0 aliphatic carbocycles. The Kier molecular flexibility index (Phi) is 4.10. The number of nitrogen functional groups attached to an aromatic ring is 1. The van der Waals surface area contributed by atoms with Gasteiger partial charge in [-0.2, -0.15) is 0 Å². The minimum atomic E-state index is -0.387. The average molecular weight is 374 g/mol. The molecule has 9 heteroatoms. The number of benzene rings is 1. The fourth-order valence-corrected chi connectivity index (χ4v) is 3.95. The van der Waals surface area contributed by atoms with Gasteiger partial charge in [-0.15, -0.1) is 11.3 Å². The maximum atomic E-state index is 12.4. The van der Waals surface area contributed by atoms with Gasteiger partial charge in [-0.05, 0) is 30.5 Å². The molecule has 1 atom stereocenters. The van der Waals surface area contributed by atoms with Crippen molar-refractivity contribution in [2.24, 2.45) is 0 Å². The van der Waals surface area contributed by atoms with Crippen LogP contribution >= 0.6 is 23.1 Å². The highest BCUT2D eigenvalue weighted by atomic mass is 32.2. The van der Waals surface area contributed by atoms with E-state index >= 15 is 0 Å². The minimum Gasteiger partial charge on any atom is -0.454 e. The summed E-state index contributed by atoms with van der Waals surface area (Å²) in [6.45, 7) is 1.99. The Morgan fingerprint density at radius 2 is 2.16 bits per heavy atom. The zero-order chi connectivity index (χ0) is 17.4. The van der Waals surface area contributed by atoms with Crippen LogP contribution in [0.2, 0.25) is 0 Å². The van der Waals surface area contributed by atoms with Gasteiger partial charge >= 0.3 is 0 Å². The summed E-state index contributed by atoms with van der Waals surface area (Å²) in [7, 11) is 0. The third kappa shape index (κ3) is 3.20. The SMILES string of the molecule is C[C@H](Sc1nc(N)c2ccsc2n1)C(=O)Nc1ccc2c(c1)OCO2. The first-order chi connectivity index (χ1) is 12.1. The molecule has 1 aliphatic rings. The molecule has 3 aromatic rings. The summed E-state index contributed by atoms with van der Waals surface area (Å²) >= 11 is 2.76. The molecule has 2 aromatic heterocycles. The van der Waals surface area contributed by atoms with Crippen LogP contribution in [0, 0.1) is 0 Å². The molecule has 0 unspecified atom stereocenters. The number of nitrogens with two attached hydrogens (primary N) is 1. The van der Waals surface area contributed by atoms with Crippen LogP contribution in [-0.4, -0.2) is 27.9 Å². The number of hydrogen-bond donors (Lipinski definition) is 2. The highest BCUT2D eigenvalue weighted by Gasteiger charge is 2.19. The first-order valence-electron chi connectivity index (χ1n) is 7.48. The average Bonchev–Trinajstić information content (AvgIpc) is 3.23. The first-order valence-corrected chi connectivity index (χ1v) is 9.24. The van der Waals surface area contributed by atoms with Crippen molar-refractivity contribution in [2.45, 2.75) is 17.3 Å². The molecular weight excluding hydrogens is 360 g/mol. The van der Waals surface area contributed by atoms with Crippen LogP contribution in [0.1, 0.15) is 6.92 Å². The molecule has 1 amide bonds. The quantitative estimate of drug-likeness (QED) is 0.534. The van der Waals surface area contributed by atoms with Gasteiger partial charge in [-0.1, -0.05) is 11.8 Å². The molecule has 1 aromatic carbocycles. The van der Waals surface area contributed by atoms with Gasteiger partial charge < -0.3 is 20.5 Å². The maximum Gasteiger partial charge on any atom is 0.237 e. The summed E-state index contributed by atoms with van der Waals surface area (Å²) in [6, 6.07) is 7.17. The second kappa shape index (κ2) is 6.41. The number of aromatic nitrogens is 2. The fourth-order valence-electron chi connectivity index (χ4n) is 2.34. The molecule has 0 fully saturated rings. The monoisotopic (exact) mass is 374 g/mol. The zero-order valence-corrected chi connectivity index (χ0v) is 14.8. The van der Waals surface area contributed by atoms with E-state index in [4.69, 9.17) is 15.2 Å². The van der Waals surface area contributed by atoms with Crippen molar-refractivity contribution < 1.29 is 14.3 Å². The van der Waals surface area contributed by atoms with Crippen molar-refractivity contribution in [2.75, 3.05) is 17.8 Å². The van der Waals surface area contributed by atoms with Crippen LogP contribution in [0.4, 0.5) is 11.5 Å². The highest BCUT2D eigenvalue weighted by molar-refractivity contribution is 8.00. The van der Waals surface area contributed by atoms with Crippen LogP contribution in [0.3, 0.4) is 0 Å². The molecule has 0 radical (unpaired) electrons. The topological polar surface area (TPSA) is 99.4 Å². The van der Waals surface area contributed by atoms with E-state index in [1.54, 1.807) is 25.1 Å². The zero-order valence-electron chi connectivity index (χ0n) is 13.2. The molecule has 25 heavy (non-hydrogen) atoms. The van der Waals surface area contributed by atoms with Gasteiger partial charge in [0.15, 0.2) is 16.7 Å². The van der Waals surface area contributed by atoms with E-state index in [1.807, 2.05) is 11.4 Å². The number of carbonyl (C=O) groups excluding carboxylic acids is 1. The van der Waals surface area contributed by atoms with Gasteiger partial charge in [-0.25, -0.2) is 9.97 Å². The van der Waals surface area contributed by atoms with Crippen LogP contribution in [0.5, 0.6) is 11.5 Å². The maximum absolute atomic E-state index is 12.4. The molecule has 4 rings (SSSR count). The largest absolute Gasteiger partial charge is 0.454 e. The van der Waals surface area contributed by atoms with Crippen molar-refractivity contribution in [1.82, 2.24) is 9.97 Å². The lowest BCUT2D eigenvalue weighted by atomic mass is 10.2. The second-order valence-electron chi connectivity index (χ2n) is 5.35. The molecule has 7 nitrogen and oxygen atoms in total. The Balaban J connectivity index is 1.46. The Morgan fingerprint density at radius 1 is 1.32 bits per heavy atom. The Labute approximate surface area is 151 Å². The van der Waals surface area contributed by atoms with Crippen molar-refractivity contribution >= 4 is 50.7 Å². The number of anilines is 2. The predicted octanol–water partition coefficient (Wildman–Crippen LogP) is 3.12. The number of nitrogens with zero attached hydrogens (tertiary/aromatic N) is 2. The van der Waals surface area contributed by atoms with Crippen molar-refractivity contribution in [3.05, 3.63) is 29.6 Å². The van der Waals surface area contributed by atoms with Gasteiger partial charge in [0, 0.05) is 11.8 Å².